The highest BCUT2D eigenvalue weighted by Crippen LogP contribution is 2.35. The van der Waals surface area contributed by atoms with E-state index in [0.717, 1.165) is 14.5 Å². The van der Waals surface area contributed by atoms with Gasteiger partial charge in [-0.25, -0.2) is 0 Å². The van der Waals surface area contributed by atoms with Gasteiger partial charge in [0.2, 0.25) is 0 Å². The summed E-state index contributed by atoms with van der Waals surface area (Å²) in [7, 11) is 3.11. The SMILES string of the molecule is CCOc1c(Br)cc(/C=C(\C#N)C(=O)NCc2ccc(OC)cc2OC)cc1Br. The predicted octanol–water partition coefficient (Wildman–Crippen LogP) is 4.85. The molecule has 0 aliphatic rings. The molecule has 0 aliphatic heterocycles. The maximum absolute atomic E-state index is 12.5. The van der Waals surface area contributed by atoms with Crippen LogP contribution in [0, 0.1) is 11.3 Å². The number of nitrogens with one attached hydrogen (secondary N) is 1. The topological polar surface area (TPSA) is 80.6 Å². The number of ether oxygens (including phenoxy) is 3. The normalized spacial score (nSPS) is 10.8. The molecule has 1 N–H and O–H groups in total. The molecule has 152 valence electrons. The number of carbonyl (C=O) groups excluding carboxylic acids is 1. The molecule has 2 aromatic rings. The highest BCUT2D eigenvalue weighted by atomic mass is 79.9. The molecule has 0 radical (unpaired) electrons. The molecule has 0 heterocycles. The van der Waals surface area contributed by atoms with Gasteiger partial charge in [-0.1, -0.05) is 0 Å². The number of rotatable bonds is 8. The molecule has 0 saturated carbocycles. The minimum absolute atomic E-state index is 0.0135. The molecule has 0 bridgehead atoms. The minimum atomic E-state index is -0.480. The summed E-state index contributed by atoms with van der Waals surface area (Å²) in [4.78, 5) is 12.5. The highest BCUT2D eigenvalue weighted by molar-refractivity contribution is 9.11. The Labute approximate surface area is 186 Å². The quantitative estimate of drug-likeness (QED) is 0.395. The van der Waals surface area contributed by atoms with Gasteiger partial charge in [-0.2, -0.15) is 5.26 Å². The molecule has 0 spiro atoms. The van der Waals surface area contributed by atoms with Crippen molar-refractivity contribution in [3.05, 3.63) is 56.0 Å². The molecule has 8 heteroatoms. The minimum Gasteiger partial charge on any atom is -0.497 e. The molecule has 2 rings (SSSR count). The maximum atomic E-state index is 12.5. The average molecular weight is 524 g/mol. The zero-order valence-electron chi connectivity index (χ0n) is 16.2. The fourth-order valence-electron chi connectivity index (χ4n) is 2.53. The van der Waals surface area contributed by atoms with E-state index in [0.29, 0.717) is 29.4 Å². The van der Waals surface area contributed by atoms with Gasteiger partial charge in [-0.15, -0.1) is 0 Å². The lowest BCUT2D eigenvalue weighted by molar-refractivity contribution is -0.117. The largest absolute Gasteiger partial charge is 0.497 e. The van der Waals surface area contributed by atoms with E-state index in [1.165, 1.54) is 6.08 Å². The molecule has 2 aromatic carbocycles. The molecule has 0 aliphatic carbocycles. The Morgan fingerprint density at radius 1 is 1.17 bits per heavy atom. The van der Waals surface area contributed by atoms with Crippen LogP contribution in [0.1, 0.15) is 18.1 Å². The van der Waals surface area contributed by atoms with E-state index in [-0.39, 0.29) is 12.1 Å². The second kappa shape index (κ2) is 10.9. The van der Waals surface area contributed by atoms with E-state index in [2.05, 4.69) is 37.2 Å². The molecule has 0 saturated heterocycles. The lowest BCUT2D eigenvalue weighted by atomic mass is 10.1. The van der Waals surface area contributed by atoms with Crippen LogP contribution in [0.2, 0.25) is 0 Å². The predicted molar refractivity (Wildman–Crippen MR) is 118 cm³/mol. The monoisotopic (exact) mass is 522 g/mol. The molecular formula is C21H20Br2N2O4. The van der Waals surface area contributed by atoms with Crippen molar-refractivity contribution in [3.63, 3.8) is 0 Å². The third kappa shape index (κ3) is 5.99. The van der Waals surface area contributed by atoms with Crippen LogP contribution in [-0.2, 0) is 11.3 Å². The Bertz CT molecular complexity index is 945. The van der Waals surface area contributed by atoms with Crippen molar-refractivity contribution in [1.29, 1.82) is 5.26 Å². The van der Waals surface area contributed by atoms with Gasteiger partial charge >= 0.3 is 0 Å². The first-order chi connectivity index (χ1) is 13.9. The van der Waals surface area contributed by atoms with E-state index in [9.17, 15) is 10.1 Å². The summed E-state index contributed by atoms with van der Waals surface area (Å²) in [5.41, 5.74) is 1.44. The summed E-state index contributed by atoms with van der Waals surface area (Å²) in [5.74, 6) is 1.43. The summed E-state index contributed by atoms with van der Waals surface area (Å²) in [6.07, 6.45) is 1.52. The fraction of sp³-hybridized carbons (Fsp3) is 0.238. The number of carbonyl (C=O) groups is 1. The van der Waals surface area contributed by atoms with E-state index in [4.69, 9.17) is 14.2 Å². The second-order valence-electron chi connectivity index (χ2n) is 5.78. The van der Waals surface area contributed by atoms with E-state index in [1.807, 2.05) is 13.0 Å². The lowest BCUT2D eigenvalue weighted by Gasteiger charge is -2.11. The zero-order chi connectivity index (χ0) is 21.4. The van der Waals surface area contributed by atoms with Crippen LogP contribution in [0.25, 0.3) is 6.08 Å². The maximum Gasteiger partial charge on any atom is 0.262 e. The van der Waals surface area contributed by atoms with Crippen LogP contribution in [0.5, 0.6) is 17.2 Å². The van der Waals surface area contributed by atoms with Gasteiger partial charge < -0.3 is 19.5 Å². The Morgan fingerprint density at radius 3 is 2.41 bits per heavy atom. The number of hydrogen-bond donors (Lipinski definition) is 1. The summed E-state index contributed by atoms with van der Waals surface area (Å²) in [6.45, 7) is 2.62. The molecule has 0 fully saturated rings. The number of amides is 1. The second-order valence-corrected chi connectivity index (χ2v) is 7.49. The smallest absolute Gasteiger partial charge is 0.262 e. The van der Waals surface area contributed by atoms with Crippen molar-refractivity contribution in [3.8, 4) is 23.3 Å². The first-order valence-corrected chi connectivity index (χ1v) is 10.2. The van der Waals surface area contributed by atoms with Crippen LogP contribution >= 0.6 is 31.9 Å². The molecule has 1 amide bonds. The van der Waals surface area contributed by atoms with Gasteiger partial charge in [-0.05, 0) is 74.7 Å². The van der Waals surface area contributed by atoms with Gasteiger partial charge in [0, 0.05) is 18.2 Å². The zero-order valence-corrected chi connectivity index (χ0v) is 19.4. The van der Waals surface area contributed by atoms with Crippen molar-refractivity contribution in [1.82, 2.24) is 5.32 Å². The van der Waals surface area contributed by atoms with Crippen LogP contribution in [-0.4, -0.2) is 26.7 Å². The summed E-state index contributed by atoms with van der Waals surface area (Å²) in [6, 6.07) is 10.8. The molecular weight excluding hydrogens is 504 g/mol. The number of nitrogens with zero attached hydrogens (tertiary/aromatic N) is 1. The van der Waals surface area contributed by atoms with Crippen molar-refractivity contribution in [2.24, 2.45) is 0 Å². The van der Waals surface area contributed by atoms with Crippen LogP contribution in [0.4, 0.5) is 0 Å². The number of methoxy groups -OCH3 is 2. The van der Waals surface area contributed by atoms with E-state index >= 15 is 0 Å². The summed E-state index contributed by atoms with van der Waals surface area (Å²) in [5, 5.41) is 12.2. The Balaban J connectivity index is 2.18. The third-order valence-electron chi connectivity index (χ3n) is 3.92. The number of hydrogen-bond acceptors (Lipinski definition) is 5. The average Bonchev–Trinajstić information content (AvgIpc) is 2.72. The molecule has 0 aromatic heterocycles. The first kappa shape index (κ1) is 22.8. The van der Waals surface area contributed by atoms with Gasteiger partial charge in [-0.3, -0.25) is 4.79 Å². The fourth-order valence-corrected chi connectivity index (χ4v) is 3.98. The highest BCUT2D eigenvalue weighted by Gasteiger charge is 2.13. The molecule has 6 nitrogen and oxygen atoms in total. The van der Waals surface area contributed by atoms with Crippen molar-refractivity contribution in [2.75, 3.05) is 20.8 Å². The van der Waals surface area contributed by atoms with Crippen LogP contribution < -0.4 is 19.5 Å². The van der Waals surface area contributed by atoms with Crippen molar-refractivity contribution >= 4 is 43.8 Å². The lowest BCUT2D eigenvalue weighted by Crippen LogP contribution is -2.24. The first-order valence-electron chi connectivity index (χ1n) is 8.66. The molecule has 0 unspecified atom stereocenters. The van der Waals surface area contributed by atoms with Crippen LogP contribution in [0.3, 0.4) is 0 Å². The molecule has 0 atom stereocenters. The van der Waals surface area contributed by atoms with E-state index < -0.39 is 5.91 Å². The van der Waals surface area contributed by atoms with Gasteiger partial charge in [0.15, 0.2) is 0 Å². The standard InChI is InChI=1S/C21H20Br2N2O4/c1-4-29-20-17(22)8-13(9-18(20)23)7-15(11-24)21(26)25-12-14-5-6-16(27-2)10-19(14)28-3/h5-10H,4,12H2,1-3H3,(H,25,26)/b15-7+. The summed E-state index contributed by atoms with van der Waals surface area (Å²) < 4.78 is 17.5. The van der Waals surface area contributed by atoms with Gasteiger partial charge in [0.05, 0.1) is 29.8 Å². The van der Waals surface area contributed by atoms with Crippen molar-refractivity contribution in [2.45, 2.75) is 13.5 Å². The Hall–Kier alpha value is -2.50. The van der Waals surface area contributed by atoms with Gasteiger partial charge in [0.1, 0.15) is 28.9 Å². The van der Waals surface area contributed by atoms with Crippen LogP contribution in [0.15, 0.2) is 44.9 Å². The number of nitriles is 1. The summed E-state index contributed by atoms with van der Waals surface area (Å²) >= 11 is 6.89. The number of benzene rings is 2. The third-order valence-corrected chi connectivity index (χ3v) is 5.10. The number of halogens is 2. The molecule has 29 heavy (non-hydrogen) atoms. The Morgan fingerprint density at radius 2 is 1.86 bits per heavy atom. The Kier molecular flexibility index (Phi) is 8.55. The van der Waals surface area contributed by atoms with Crippen molar-refractivity contribution < 1.29 is 19.0 Å². The van der Waals surface area contributed by atoms with Gasteiger partial charge in [0.25, 0.3) is 5.91 Å². The van der Waals surface area contributed by atoms with E-state index in [1.54, 1.807) is 44.6 Å².